The molecule has 0 amide bonds. The van der Waals surface area contributed by atoms with Crippen LogP contribution in [0.5, 0.6) is 0 Å². The quantitative estimate of drug-likeness (QED) is 0.362. The zero-order valence-corrected chi connectivity index (χ0v) is 14.7. The Morgan fingerprint density at radius 2 is 1.93 bits per heavy atom. The third-order valence-corrected chi connectivity index (χ3v) is 4.30. The van der Waals surface area contributed by atoms with Crippen LogP contribution in [-0.2, 0) is 16.0 Å². The lowest BCUT2D eigenvalue weighted by Crippen LogP contribution is -2.33. The molecule has 0 saturated heterocycles. The lowest BCUT2D eigenvalue weighted by molar-refractivity contribution is -0.393. The van der Waals surface area contributed by atoms with Gasteiger partial charge >= 0.3 is 5.97 Å². The highest BCUT2D eigenvalue weighted by atomic mass is 16.6. The van der Waals surface area contributed by atoms with Crippen LogP contribution in [0.2, 0.25) is 0 Å². The smallest absolute Gasteiger partial charge is 0.328 e. The fraction of sp³-hybridized carbons (Fsp3) is 0.167. The van der Waals surface area contributed by atoms with Crippen LogP contribution in [0.3, 0.4) is 0 Å². The molecule has 0 fully saturated rings. The number of hydrogen-bond donors (Lipinski definition) is 2. The van der Waals surface area contributed by atoms with Crippen LogP contribution in [0.4, 0.5) is 17.1 Å². The first-order chi connectivity index (χ1) is 13.4. The summed E-state index contributed by atoms with van der Waals surface area (Å²) >= 11 is 0. The monoisotopic (exact) mass is 384 g/mol. The van der Waals surface area contributed by atoms with Gasteiger partial charge in [-0.3, -0.25) is 20.2 Å². The highest BCUT2D eigenvalue weighted by Crippen LogP contribution is 2.30. The standard InChI is InChI=1S/C18H16N4O6/c1-28-18(23)16(8-11-10-19-14-5-3-2-4-13(11)14)20-15-7-6-12(21(24)25)9-17(15)22(26)27/h2-7,9-10,16,19-20H,8H2,1H3. The number of H-pyrrole nitrogens is 1. The van der Waals surface area contributed by atoms with Crippen LogP contribution in [0.15, 0.2) is 48.7 Å². The number of benzene rings is 2. The molecular formula is C18H16N4O6. The number of aromatic amines is 1. The Bertz CT molecular complexity index is 1060. The first-order valence-corrected chi connectivity index (χ1v) is 8.23. The van der Waals surface area contributed by atoms with Crippen molar-refractivity contribution in [3.05, 3.63) is 74.5 Å². The lowest BCUT2D eigenvalue weighted by atomic mass is 10.0. The number of para-hydroxylation sites is 1. The average molecular weight is 384 g/mol. The number of anilines is 1. The molecule has 3 aromatic rings. The van der Waals surface area contributed by atoms with Crippen molar-refractivity contribution in [3.8, 4) is 0 Å². The molecule has 1 heterocycles. The number of carbonyl (C=O) groups is 1. The second kappa shape index (κ2) is 7.74. The number of nitrogens with zero attached hydrogens (tertiary/aromatic N) is 2. The molecule has 2 N–H and O–H groups in total. The van der Waals surface area contributed by atoms with E-state index in [1.54, 1.807) is 6.20 Å². The van der Waals surface area contributed by atoms with Crippen molar-refractivity contribution < 1.29 is 19.4 Å². The number of nitrogens with one attached hydrogen (secondary N) is 2. The number of hydrogen-bond acceptors (Lipinski definition) is 7. The molecule has 0 radical (unpaired) electrons. The molecule has 0 aliphatic rings. The van der Waals surface area contributed by atoms with Crippen molar-refractivity contribution in [2.24, 2.45) is 0 Å². The number of nitro groups is 2. The van der Waals surface area contributed by atoms with Crippen LogP contribution in [0, 0.1) is 20.2 Å². The summed E-state index contributed by atoms with van der Waals surface area (Å²) in [4.78, 5) is 36.1. The lowest BCUT2D eigenvalue weighted by Gasteiger charge is -2.17. The van der Waals surface area contributed by atoms with Crippen molar-refractivity contribution in [1.82, 2.24) is 4.98 Å². The van der Waals surface area contributed by atoms with Gasteiger partial charge in [-0.05, 0) is 17.7 Å². The van der Waals surface area contributed by atoms with Gasteiger partial charge in [0.15, 0.2) is 0 Å². The van der Waals surface area contributed by atoms with Crippen molar-refractivity contribution in [2.45, 2.75) is 12.5 Å². The van der Waals surface area contributed by atoms with Crippen LogP contribution in [0.1, 0.15) is 5.56 Å². The predicted molar refractivity (Wildman–Crippen MR) is 101 cm³/mol. The number of carbonyl (C=O) groups excluding carboxylic acids is 1. The first kappa shape index (κ1) is 18.8. The van der Waals surface area contributed by atoms with E-state index in [1.807, 2.05) is 24.3 Å². The number of methoxy groups -OCH3 is 1. The van der Waals surface area contributed by atoms with Gasteiger partial charge in [0.05, 0.1) is 23.0 Å². The molecule has 2 aromatic carbocycles. The van der Waals surface area contributed by atoms with E-state index >= 15 is 0 Å². The molecule has 28 heavy (non-hydrogen) atoms. The summed E-state index contributed by atoms with van der Waals surface area (Å²) < 4.78 is 4.82. The molecule has 0 saturated carbocycles. The number of ether oxygens (including phenoxy) is 1. The van der Waals surface area contributed by atoms with Crippen molar-refractivity contribution in [2.75, 3.05) is 12.4 Å². The Kier molecular flexibility index (Phi) is 5.21. The minimum atomic E-state index is -0.927. The van der Waals surface area contributed by atoms with E-state index in [2.05, 4.69) is 10.3 Å². The molecule has 1 aromatic heterocycles. The maximum atomic E-state index is 12.3. The highest BCUT2D eigenvalue weighted by molar-refractivity contribution is 5.86. The number of rotatable bonds is 7. The van der Waals surface area contributed by atoms with E-state index in [0.717, 1.165) is 28.6 Å². The minimum absolute atomic E-state index is 0.00848. The van der Waals surface area contributed by atoms with Gasteiger partial charge in [-0.25, -0.2) is 4.79 Å². The average Bonchev–Trinajstić information content (AvgIpc) is 3.09. The zero-order valence-electron chi connectivity index (χ0n) is 14.7. The van der Waals surface area contributed by atoms with Gasteiger partial charge in [0.2, 0.25) is 0 Å². The Labute approximate surface area is 158 Å². The third kappa shape index (κ3) is 3.75. The fourth-order valence-corrected chi connectivity index (χ4v) is 2.95. The summed E-state index contributed by atoms with van der Waals surface area (Å²) in [5, 5.41) is 25.9. The summed E-state index contributed by atoms with van der Waals surface area (Å²) in [6, 6.07) is 9.79. The largest absolute Gasteiger partial charge is 0.467 e. The molecule has 1 unspecified atom stereocenters. The molecule has 10 nitrogen and oxygen atoms in total. The summed E-state index contributed by atoms with van der Waals surface area (Å²) in [5.74, 6) is -0.613. The van der Waals surface area contributed by atoms with Gasteiger partial charge in [-0.2, -0.15) is 0 Å². The maximum absolute atomic E-state index is 12.3. The first-order valence-electron chi connectivity index (χ1n) is 8.23. The number of esters is 1. The molecular weight excluding hydrogens is 368 g/mol. The second-order valence-electron chi connectivity index (χ2n) is 6.00. The summed E-state index contributed by atoms with van der Waals surface area (Å²) in [7, 11) is 1.22. The number of nitro benzene ring substituents is 2. The van der Waals surface area contributed by atoms with Crippen molar-refractivity contribution in [1.29, 1.82) is 0 Å². The second-order valence-corrected chi connectivity index (χ2v) is 6.00. The van der Waals surface area contributed by atoms with Gasteiger partial charge in [0.1, 0.15) is 11.7 Å². The number of non-ortho nitro benzene ring substituents is 1. The molecule has 0 spiro atoms. The van der Waals surface area contributed by atoms with Gasteiger partial charge in [0.25, 0.3) is 11.4 Å². The van der Waals surface area contributed by atoms with Crippen LogP contribution in [0.25, 0.3) is 10.9 Å². The summed E-state index contributed by atoms with van der Waals surface area (Å²) in [5.41, 5.74) is 0.793. The Hall–Kier alpha value is -3.95. The van der Waals surface area contributed by atoms with Crippen LogP contribution < -0.4 is 5.32 Å². The Morgan fingerprint density at radius 3 is 2.61 bits per heavy atom. The van der Waals surface area contributed by atoms with E-state index in [0.29, 0.717) is 0 Å². The SMILES string of the molecule is COC(=O)C(Cc1c[nH]c2ccccc12)Nc1ccc([N+](=O)[O-])cc1[N+](=O)[O-]. The number of fused-ring (bicyclic) bond motifs is 1. The predicted octanol–water partition coefficient (Wildman–Crippen LogP) is 3.18. The summed E-state index contributed by atoms with van der Waals surface area (Å²) in [6.07, 6.45) is 1.96. The molecule has 0 bridgehead atoms. The highest BCUT2D eigenvalue weighted by Gasteiger charge is 2.26. The van der Waals surface area contributed by atoms with Gasteiger partial charge in [-0.15, -0.1) is 0 Å². The number of aromatic nitrogens is 1. The normalized spacial score (nSPS) is 11.8. The maximum Gasteiger partial charge on any atom is 0.328 e. The minimum Gasteiger partial charge on any atom is -0.467 e. The fourth-order valence-electron chi connectivity index (χ4n) is 2.95. The third-order valence-electron chi connectivity index (χ3n) is 4.30. The van der Waals surface area contributed by atoms with Gasteiger partial charge in [-0.1, -0.05) is 18.2 Å². The van der Waals surface area contributed by atoms with E-state index in [4.69, 9.17) is 4.74 Å². The van der Waals surface area contributed by atoms with E-state index in [1.165, 1.54) is 13.2 Å². The topological polar surface area (TPSA) is 140 Å². The van der Waals surface area contributed by atoms with Crippen LogP contribution in [-0.4, -0.2) is 34.0 Å². The zero-order chi connectivity index (χ0) is 20.3. The van der Waals surface area contributed by atoms with E-state index in [-0.39, 0.29) is 12.1 Å². The molecule has 3 rings (SSSR count). The molecule has 1 atom stereocenters. The van der Waals surface area contributed by atoms with Gasteiger partial charge in [0, 0.05) is 29.6 Å². The van der Waals surface area contributed by atoms with Gasteiger partial charge < -0.3 is 15.0 Å². The van der Waals surface area contributed by atoms with E-state index in [9.17, 15) is 25.0 Å². The molecule has 0 aliphatic carbocycles. The van der Waals surface area contributed by atoms with E-state index < -0.39 is 33.2 Å². The molecule has 144 valence electrons. The Balaban J connectivity index is 1.94. The molecule has 0 aliphatic heterocycles. The summed E-state index contributed by atoms with van der Waals surface area (Å²) in [6.45, 7) is 0. The molecule has 10 heteroatoms. The van der Waals surface area contributed by atoms with Crippen molar-refractivity contribution in [3.63, 3.8) is 0 Å². The van der Waals surface area contributed by atoms with Crippen LogP contribution >= 0.6 is 0 Å². The van der Waals surface area contributed by atoms with Crippen molar-refractivity contribution >= 4 is 33.9 Å². The Morgan fingerprint density at radius 1 is 1.18 bits per heavy atom.